The van der Waals surface area contributed by atoms with Gasteiger partial charge >= 0.3 is 5.97 Å². The van der Waals surface area contributed by atoms with Crippen LogP contribution in [0.3, 0.4) is 0 Å². The summed E-state index contributed by atoms with van der Waals surface area (Å²) in [6, 6.07) is 7.52. The second-order valence-corrected chi connectivity index (χ2v) is 7.87. The second kappa shape index (κ2) is 10.3. The number of aromatic nitrogens is 1. The third-order valence-corrected chi connectivity index (χ3v) is 5.71. The van der Waals surface area contributed by atoms with Gasteiger partial charge in [0.25, 0.3) is 5.91 Å². The summed E-state index contributed by atoms with van der Waals surface area (Å²) in [5, 5.41) is 3.91. The molecule has 0 saturated heterocycles. The molecule has 1 aliphatic carbocycles. The van der Waals surface area contributed by atoms with Crippen LogP contribution in [0.25, 0.3) is 0 Å². The molecule has 0 spiro atoms. The minimum Gasteiger partial charge on any atom is -0.489 e. The van der Waals surface area contributed by atoms with Gasteiger partial charge in [0.05, 0.1) is 17.7 Å². The van der Waals surface area contributed by atoms with Crippen molar-refractivity contribution in [1.29, 1.82) is 0 Å². The average Bonchev–Trinajstić information content (AvgIpc) is 3.09. The quantitative estimate of drug-likeness (QED) is 0.612. The highest BCUT2D eigenvalue weighted by Crippen LogP contribution is 2.22. The molecule has 7 heteroatoms. The molecule has 162 valence electrons. The van der Waals surface area contributed by atoms with E-state index < -0.39 is 5.97 Å². The Morgan fingerprint density at radius 3 is 2.47 bits per heavy atom. The Morgan fingerprint density at radius 1 is 1.13 bits per heavy atom. The molecule has 1 amide bonds. The Kier molecular flexibility index (Phi) is 7.49. The number of carbonyl (C=O) groups is 2. The fourth-order valence-corrected chi connectivity index (χ4v) is 3.70. The fourth-order valence-electron chi connectivity index (χ4n) is 3.70. The Balaban J connectivity index is 1.42. The fraction of sp³-hybridized carbons (Fsp3) is 0.522. The van der Waals surface area contributed by atoms with Gasteiger partial charge in [0.1, 0.15) is 18.1 Å². The highest BCUT2D eigenvalue weighted by atomic mass is 16.5. The number of benzene rings is 1. The topological polar surface area (TPSA) is 81.9 Å². The zero-order valence-corrected chi connectivity index (χ0v) is 18.0. The van der Waals surface area contributed by atoms with Crippen LogP contribution in [-0.4, -0.2) is 41.6 Å². The first-order chi connectivity index (χ1) is 14.4. The lowest BCUT2D eigenvalue weighted by atomic mass is 9.94. The second-order valence-electron chi connectivity index (χ2n) is 7.87. The lowest BCUT2D eigenvalue weighted by molar-refractivity contribution is -0.152. The first kappa shape index (κ1) is 21.9. The van der Waals surface area contributed by atoms with E-state index in [1.807, 2.05) is 38.1 Å². The van der Waals surface area contributed by atoms with Crippen molar-refractivity contribution in [3.8, 4) is 5.75 Å². The van der Waals surface area contributed by atoms with Crippen molar-refractivity contribution in [3.05, 3.63) is 46.8 Å². The number of hydrogen-bond donors (Lipinski definition) is 0. The van der Waals surface area contributed by atoms with Crippen molar-refractivity contribution >= 4 is 11.9 Å². The minimum atomic E-state index is -0.412. The maximum Gasteiger partial charge on any atom is 0.310 e. The van der Waals surface area contributed by atoms with Gasteiger partial charge in [-0.05, 0) is 44.4 Å². The van der Waals surface area contributed by atoms with Gasteiger partial charge in [-0.15, -0.1) is 0 Å². The van der Waals surface area contributed by atoms with Crippen LogP contribution in [0.2, 0.25) is 0 Å². The summed E-state index contributed by atoms with van der Waals surface area (Å²) in [5.74, 6) is 0.884. The molecule has 1 saturated carbocycles. The predicted molar refractivity (Wildman–Crippen MR) is 111 cm³/mol. The largest absolute Gasteiger partial charge is 0.489 e. The molecule has 0 radical (unpaired) electrons. The van der Waals surface area contributed by atoms with Gasteiger partial charge in [-0.3, -0.25) is 9.59 Å². The Labute approximate surface area is 177 Å². The van der Waals surface area contributed by atoms with Crippen molar-refractivity contribution in [3.63, 3.8) is 0 Å². The van der Waals surface area contributed by atoms with Crippen LogP contribution in [-0.2, 0) is 27.4 Å². The van der Waals surface area contributed by atoms with Gasteiger partial charge in [0.2, 0.25) is 0 Å². The number of ether oxygens (including phenoxy) is 2. The maximum absolute atomic E-state index is 12.3. The Hall–Kier alpha value is -2.83. The van der Waals surface area contributed by atoms with Crippen molar-refractivity contribution in [2.75, 3.05) is 13.7 Å². The van der Waals surface area contributed by atoms with Gasteiger partial charge in [-0.25, -0.2) is 0 Å². The molecule has 0 bridgehead atoms. The molecule has 0 unspecified atom stereocenters. The lowest BCUT2D eigenvalue weighted by Gasteiger charge is -2.31. The summed E-state index contributed by atoms with van der Waals surface area (Å²) in [5.41, 5.74) is 2.55. The SMILES string of the molecule is Cc1noc(C)c1COc1ccc(CC(=O)OCC(=O)N(C)C2CCCCC2)cc1. The molecule has 0 atom stereocenters. The number of nitrogens with zero attached hydrogens (tertiary/aromatic N) is 2. The molecule has 1 heterocycles. The van der Waals surface area contributed by atoms with Crippen molar-refractivity contribution in [2.45, 2.75) is 65.0 Å². The van der Waals surface area contributed by atoms with Gasteiger partial charge in [-0.1, -0.05) is 36.6 Å². The van der Waals surface area contributed by atoms with E-state index in [-0.39, 0.29) is 25.0 Å². The van der Waals surface area contributed by atoms with Crippen LogP contribution >= 0.6 is 0 Å². The van der Waals surface area contributed by atoms with E-state index in [1.165, 1.54) is 6.42 Å². The van der Waals surface area contributed by atoms with E-state index in [4.69, 9.17) is 14.0 Å². The normalized spacial score (nSPS) is 14.4. The van der Waals surface area contributed by atoms with E-state index in [9.17, 15) is 9.59 Å². The molecule has 1 aliphatic rings. The van der Waals surface area contributed by atoms with Crippen molar-refractivity contribution < 1.29 is 23.6 Å². The van der Waals surface area contributed by atoms with Gasteiger partial charge in [0, 0.05) is 13.1 Å². The smallest absolute Gasteiger partial charge is 0.310 e. The molecule has 0 N–H and O–H groups in total. The highest BCUT2D eigenvalue weighted by molar-refractivity contribution is 5.81. The summed E-state index contributed by atoms with van der Waals surface area (Å²) in [6.45, 7) is 3.90. The molecule has 3 rings (SSSR count). The zero-order valence-electron chi connectivity index (χ0n) is 18.0. The summed E-state index contributed by atoms with van der Waals surface area (Å²) in [7, 11) is 1.80. The molecular weight excluding hydrogens is 384 g/mol. The maximum atomic E-state index is 12.3. The van der Waals surface area contributed by atoms with Crippen LogP contribution < -0.4 is 4.74 Å². The molecule has 7 nitrogen and oxygen atoms in total. The molecule has 2 aromatic rings. The van der Waals surface area contributed by atoms with Gasteiger partial charge < -0.3 is 18.9 Å². The molecular formula is C23H30N2O5. The number of amides is 1. The first-order valence-corrected chi connectivity index (χ1v) is 10.5. The minimum absolute atomic E-state index is 0.116. The van der Waals surface area contributed by atoms with E-state index in [1.54, 1.807) is 11.9 Å². The van der Waals surface area contributed by atoms with Crippen LogP contribution in [0.15, 0.2) is 28.8 Å². The molecule has 1 fully saturated rings. The number of esters is 1. The Bertz CT molecular complexity index is 833. The number of carbonyl (C=O) groups excluding carboxylic acids is 2. The average molecular weight is 415 g/mol. The number of aryl methyl sites for hydroxylation is 2. The number of rotatable bonds is 8. The third-order valence-electron chi connectivity index (χ3n) is 5.71. The summed E-state index contributed by atoms with van der Waals surface area (Å²) in [4.78, 5) is 26.1. The lowest BCUT2D eigenvalue weighted by Crippen LogP contribution is -2.40. The van der Waals surface area contributed by atoms with Crippen molar-refractivity contribution in [1.82, 2.24) is 10.1 Å². The van der Waals surface area contributed by atoms with Crippen LogP contribution in [0.5, 0.6) is 5.75 Å². The van der Waals surface area contributed by atoms with Gasteiger partial charge in [0.15, 0.2) is 6.61 Å². The zero-order chi connectivity index (χ0) is 21.5. The summed E-state index contributed by atoms with van der Waals surface area (Å²) < 4.78 is 16.1. The van der Waals surface area contributed by atoms with Gasteiger partial charge in [-0.2, -0.15) is 0 Å². The van der Waals surface area contributed by atoms with E-state index in [0.29, 0.717) is 12.4 Å². The van der Waals surface area contributed by atoms with E-state index in [2.05, 4.69) is 5.16 Å². The molecule has 0 aliphatic heterocycles. The van der Waals surface area contributed by atoms with E-state index in [0.717, 1.165) is 48.3 Å². The third kappa shape index (κ3) is 5.84. The summed E-state index contributed by atoms with van der Waals surface area (Å²) in [6.07, 6.45) is 5.71. The first-order valence-electron chi connectivity index (χ1n) is 10.5. The molecule has 30 heavy (non-hydrogen) atoms. The van der Waals surface area contributed by atoms with Crippen LogP contribution in [0.4, 0.5) is 0 Å². The number of hydrogen-bond acceptors (Lipinski definition) is 6. The molecule has 1 aromatic carbocycles. The Morgan fingerprint density at radius 2 is 1.83 bits per heavy atom. The highest BCUT2D eigenvalue weighted by Gasteiger charge is 2.22. The predicted octanol–water partition coefficient (Wildman–Crippen LogP) is 3.75. The van der Waals surface area contributed by atoms with Crippen LogP contribution in [0.1, 0.15) is 54.7 Å². The van der Waals surface area contributed by atoms with Crippen LogP contribution in [0, 0.1) is 13.8 Å². The molecule has 1 aromatic heterocycles. The monoisotopic (exact) mass is 414 g/mol. The van der Waals surface area contributed by atoms with Crippen molar-refractivity contribution in [2.24, 2.45) is 0 Å². The van der Waals surface area contributed by atoms with E-state index >= 15 is 0 Å². The number of likely N-dealkylation sites (N-methyl/N-ethyl adjacent to an activating group) is 1. The standard InChI is InChI=1S/C23H30N2O5/c1-16-21(17(2)30-24-16)14-28-20-11-9-18(10-12-20)13-23(27)29-15-22(26)25(3)19-7-5-4-6-8-19/h9-12,19H,4-8,13-15H2,1-3H3. The summed E-state index contributed by atoms with van der Waals surface area (Å²) >= 11 is 0.